The minimum Gasteiger partial charge on any atom is -0.464 e. The topological polar surface area (TPSA) is 154 Å². The molecule has 1 saturated carbocycles. The van der Waals surface area contributed by atoms with E-state index < -0.39 is 41.4 Å². The molecule has 3 aliphatic heterocycles. The molecule has 346 valence electrons. The van der Waals surface area contributed by atoms with Gasteiger partial charge in [-0.2, -0.15) is 0 Å². The molecule has 1 unspecified atom stereocenters. The lowest BCUT2D eigenvalue weighted by atomic mass is 9.84. The first-order valence-corrected chi connectivity index (χ1v) is 24.0. The Morgan fingerprint density at radius 1 is 1.20 bits per heavy atom. The molecule has 4 aromatic rings. The van der Waals surface area contributed by atoms with Crippen LogP contribution in [0.1, 0.15) is 95.8 Å². The van der Waals surface area contributed by atoms with Crippen molar-refractivity contribution in [2.24, 2.45) is 34.3 Å². The van der Waals surface area contributed by atoms with E-state index in [9.17, 15) is 14.4 Å². The van der Waals surface area contributed by atoms with Crippen molar-refractivity contribution in [3.05, 3.63) is 83.6 Å². The third-order valence-corrected chi connectivity index (χ3v) is 14.7. The van der Waals surface area contributed by atoms with Crippen molar-refractivity contribution in [2.45, 2.75) is 111 Å². The molecular formula is C50H64N8O6S. The van der Waals surface area contributed by atoms with E-state index in [0.29, 0.717) is 43.1 Å². The average Bonchev–Trinajstić information content (AvgIpc) is 3.58. The number of nitrogens with one attached hydrogen (secondary N) is 2. The van der Waals surface area contributed by atoms with E-state index in [-0.39, 0.29) is 43.1 Å². The summed E-state index contributed by atoms with van der Waals surface area (Å²) in [5.74, 6) is -0.926. The molecule has 0 radical (unpaired) electrons. The lowest BCUT2D eigenvalue weighted by molar-refractivity contribution is -0.156. The second-order valence-corrected chi connectivity index (χ2v) is 19.6. The summed E-state index contributed by atoms with van der Waals surface area (Å²) in [6.45, 7) is 19.9. The number of allylic oxidation sites excluding steroid dienone is 2. The maximum atomic E-state index is 14.9. The molecule has 2 fully saturated rings. The normalized spacial score (nSPS) is 26.8. The highest BCUT2D eigenvalue weighted by Crippen LogP contribution is 2.53. The van der Waals surface area contributed by atoms with Crippen molar-refractivity contribution in [3.63, 3.8) is 0 Å². The summed E-state index contributed by atoms with van der Waals surface area (Å²) in [4.78, 5) is 58.3. The molecule has 3 aromatic heterocycles. The zero-order valence-corrected chi connectivity index (χ0v) is 40.0. The van der Waals surface area contributed by atoms with Crippen LogP contribution >= 0.6 is 11.8 Å². The highest BCUT2D eigenvalue weighted by Gasteiger charge is 2.55. The Labute approximate surface area is 386 Å². The zero-order chi connectivity index (χ0) is 46.3. The summed E-state index contributed by atoms with van der Waals surface area (Å²) >= 11 is 1.55. The quantitative estimate of drug-likeness (QED) is 0.0896. The molecule has 14 nitrogen and oxygen atoms in total. The van der Waals surface area contributed by atoms with Crippen molar-refractivity contribution >= 4 is 68.2 Å². The molecule has 8 rings (SSSR count). The number of ether oxygens (including phenoxy) is 3. The summed E-state index contributed by atoms with van der Waals surface area (Å²) in [7, 11) is 3.66. The fourth-order valence-electron chi connectivity index (χ4n) is 10.0. The SMILES string of the molecule is C=C/C(=C(\N=C/C)[C@H](C)OC)c1c2c3cc(ccc3n1CC)C1CSC(=N1)[C@@H](OCC)[C@H](NC(=O)[C@H]1[C@H](C)[C@@H]1c1cc3ccn(C)c3cn1)C(=O)N1CCC[C@H](N1)C(=O)OCC(C)(C)C2. The van der Waals surface area contributed by atoms with Crippen LogP contribution in [-0.2, 0) is 48.6 Å². The van der Waals surface area contributed by atoms with Gasteiger partial charge in [0, 0.05) is 96.8 Å². The van der Waals surface area contributed by atoms with Gasteiger partial charge in [-0.3, -0.25) is 34.4 Å². The number of benzene rings is 1. The molecule has 6 bridgehead atoms. The van der Waals surface area contributed by atoms with Crippen LogP contribution in [0.3, 0.4) is 0 Å². The average molecular weight is 905 g/mol. The molecule has 1 saturated heterocycles. The maximum absolute atomic E-state index is 14.9. The number of carbonyl (C=O) groups is 3. The Morgan fingerprint density at radius 2 is 2.00 bits per heavy atom. The van der Waals surface area contributed by atoms with Crippen molar-refractivity contribution < 1.29 is 28.6 Å². The second kappa shape index (κ2) is 19.0. The van der Waals surface area contributed by atoms with E-state index in [1.807, 2.05) is 56.9 Å². The minimum atomic E-state index is -1.13. The van der Waals surface area contributed by atoms with Crippen molar-refractivity contribution in [1.82, 2.24) is 29.9 Å². The van der Waals surface area contributed by atoms with Crippen LogP contribution in [0.2, 0.25) is 0 Å². The van der Waals surface area contributed by atoms with Crippen LogP contribution in [0.5, 0.6) is 0 Å². The predicted molar refractivity (Wildman–Crippen MR) is 258 cm³/mol. The van der Waals surface area contributed by atoms with Crippen LogP contribution in [0.25, 0.3) is 27.4 Å². The van der Waals surface area contributed by atoms with Crippen LogP contribution in [-0.4, -0.2) is 105 Å². The number of aryl methyl sites for hydroxylation is 2. The van der Waals surface area contributed by atoms with E-state index in [1.54, 1.807) is 25.1 Å². The number of hydrogen-bond acceptors (Lipinski definition) is 11. The Morgan fingerprint density at radius 3 is 2.72 bits per heavy atom. The van der Waals surface area contributed by atoms with Crippen molar-refractivity contribution in [2.75, 3.05) is 32.6 Å². The van der Waals surface area contributed by atoms with Gasteiger partial charge in [-0.15, -0.1) is 11.8 Å². The molecule has 0 spiro atoms. The number of esters is 1. The second-order valence-electron chi connectivity index (χ2n) is 18.5. The maximum Gasteiger partial charge on any atom is 0.324 e. The van der Waals surface area contributed by atoms with Gasteiger partial charge in [0.2, 0.25) is 5.91 Å². The Hall–Kier alpha value is -5.09. The van der Waals surface area contributed by atoms with Crippen LogP contribution in [0.4, 0.5) is 0 Å². The van der Waals surface area contributed by atoms with Crippen LogP contribution in [0, 0.1) is 17.3 Å². The third-order valence-electron chi connectivity index (χ3n) is 13.6. The summed E-state index contributed by atoms with van der Waals surface area (Å²) < 4.78 is 22.8. The first kappa shape index (κ1) is 46.4. The van der Waals surface area contributed by atoms with Gasteiger partial charge in [-0.05, 0) is 88.3 Å². The third kappa shape index (κ3) is 8.96. The van der Waals surface area contributed by atoms with Crippen LogP contribution in [0.15, 0.2) is 71.1 Å². The molecule has 6 heterocycles. The molecule has 1 aliphatic carbocycles. The number of fused-ring (bicyclic) bond motifs is 6. The van der Waals surface area contributed by atoms with Gasteiger partial charge in [-0.1, -0.05) is 39.5 Å². The highest BCUT2D eigenvalue weighted by atomic mass is 32.2. The largest absolute Gasteiger partial charge is 0.464 e. The molecule has 15 heteroatoms. The monoisotopic (exact) mass is 904 g/mol. The number of amides is 2. The van der Waals surface area contributed by atoms with E-state index in [4.69, 9.17) is 29.2 Å². The first-order chi connectivity index (χ1) is 31.2. The summed E-state index contributed by atoms with van der Waals surface area (Å²) in [5.41, 5.74) is 10.4. The van der Waals surface area contributed by atoms with Gasteiger partial charge < -0.3 is 28.7 Å². The molecule has 1 aromatic carbocycles. The van der Waals surface area contributed by atoms with Gasteiger partial charge in [0.05, 0.1) is 41.9 Å². The number of rotatable bonds is 11. The summed E-state index contributed by atoms with van der Waals surface area (Å²) in [6.07, 6.45) is 7.95. The van der Waals surface area contributed by atoms with E-state index >= 15 is 0 Å². The standard InChI is InChI=1S/C50H64N8O6S/c1-11-32(42(51-12-2)29(6)62-10)44-34-24-50(7,8)27-64-49(61)35-16-15-20-58(55-35)48(60)43(54-46(59)41-28(5)40(41)36-23-31-19-21-56(9)39(31)25-52-36)45(63-14-4)47-53-37(26-65-47)30-17-18-38(33(34)22-30)57(44)13-3/h11-12,17-19,21-23,25,28-29,35,37,40-41,43,45,55H,1,13-16,20,24,26-27H2,2-10H3,(H,54,59)/b42-32+,51-12-/t28-,29+,35+,37?,40-,41+,43+,45+/m1/s1. The van der Waals surface area contributed by atoms with E-state index in [1.165, 1.54) is 5.01 Å². The van der Waals surface area contributed by atoms with Gasteiger partial charge in [0.25, 0.3) is 5.91 Å². The molecule has 65 heavy (non-hydrogen) atoms. The molecule has 2 N–H and O–H groups in total. The smallest absolute Gasteiger partial charge is 0.324 e. The Balaban J connectivity index is 1.22. The van der Waals surface area contributed by atoms with Gasteiger partial charge in [0.1, 0.15) is 23.2 Å². The van der Waals surface area contributed by atoms with Crippen molar-refractivity contribution in [1.29, 1.82) is 0 Å². The molecular weight excluding hydrogens is 841 g/mol. The van der Waals surface area contributed by atoms with Gasteiger partial charge in [0.15, 0.2) is 0 Å². The van der Waals surface area contributed by atoms with Gasteiger partial charge >= 0.3 is 5.97 Å². The summed E-state index contributed by atoms with van der Waals surface area (Å²) in [6, 6.07) is 8.52. The molecule has 8 atom stereocenters. The highest BCUT2D eigenvalue weighted by molar-refractivity contribution is 8.14. The molecule has 2 amide bonds. The minimum absolute atomic E-state index is 0.0119. The lowest BCUT2D eigenvalue weighted by Gasteiger charge is -2.37. The number of aromatic nitrogens is 3. The first-order valence-electron chi connectivity index (χ1n) is 23.0. The number of hydrazine groups is 1. The number of pyridine rings is 1. The van der Waals surface area contributed by atoms with E-state index in [2.05, 4.69) is 73.8 Å². The number of carbonyl (C=O) groups excluding carboxylic acids is 3. The lowest BCUT2D eigenvalue weighted by Crippen LogP contribution is -2.63. The fraction of sp³-hybridized carbons (Fsp3) is 0.520. The zero-order valence-electron chi connectivity index (χ0n) is 39.2. The Kier molecular flexibility index (Phi) is 13.6. The van der Waals surface area contributed by atoms with Crippen molar-refractivity contribution in [3.8, 4) is 0 Å². The Bertz CT molecular complexity index is 2590. The van der Waals surface area contributed by atoms with Crippen LogP contribution < -0.4 is 10.7 Å². The number of aliphatic imine (C=N–C) groups is 2. The number of methoxy groups -OCH3 is 1. The molecule has 4 aliphatic rings. The summed E-state index contributed by atoms with van der Waals surface area (Å²) in [5, 5.41) is 7.42. The number of cyclic esters (lactones) is 1. The number of thioether (sulfide) groups is 1. The van der Waals surface area contributed by atoms with Gasteiger partial charge in [-0.25, -0.2) is 5.43 Å². The number of nitrogens with zero attached hydrogens (tertiary/aromatic N) is 6. The predicted octanol–water partition coefficient (Wildman–Crippen LogP) is 7.32. The fourth-order valence-corrected chi connectivity index (χ4v) is 11.2. The number of hydrogen-bond donors (Lipinski definition) is 2. The van der Waals surface area contributed by atoms with E-state index in [0.717, 1.165) is 55.6 Å².